The molecule has 43 heavy (non-hydrogen) atoms. The normalized spacial score (nSPS) is 11.4. The maximum absolute atomic E-state index is 10.8. The van der Waals surface area contributed by atoms with Crippen LogP contribution in [0.4, 0.5) is 5.69 Å². The Hall–Kier alpha value is -3.22. The van der Waals surface area contributed by atoms with Crippen LogP contribution in [0.25, 0.3) is 35.2 Å². The van der Waals surface area contributed by atoms with E-state index in [9.17, 15) is 4.79 Å². The van der Waals surface area contributed by atoms with E-state index < -0.39 is 5.97 Å². The largest absolute Gasteiger partial charge is 1.00 e. The molecule has 0 saturated carbocycles. The van der Waals surface area contributed by atoms with Crippen molar-refractivity contribution in [1.29, 1.82) is 0 Å². The summed E-state index contributed by atoms with van der Waals surface area (Å²) in [7, 11) is 0. The highest BCUT2D eigenvalue weighted by atomic mass is 79.9. The standard InChI is InChI=1S/C37H44N2O2S.BrH/c1-3-5-26-38(27-6-4-2)32-19-15-30(16-20-32)17-21-33-23-24-34(42-33)22-18-31-25-29-39(28-11-7-8-14-37(40)41)36-13-10-9-12-35(31)36;/h9-10,12-13,15-25,29H,3-8,11,14,26-28H2,1-2H3;1H. The lowest BCUT2D eigenvalue weighted by Crippen LogP contribution is -3.00. The molecule has 0 atom stereocenters. The van der Waals surface area contributed by atoms with Gasteiger partial charge < -0.3 is 27.0 Å². The summed E-state index contributed by atoms with van der Waals surface area (Å²) in [5, 5.41) is 10.1. The van der Waals surface area contributed by atoms with Crippen molar-refractivity contribution in [2.75, 3.05) is 18.0 Å². The fourth-order valence-corrected chi connectivity index (χ4v) is 5.96. The Morgan fingerprint density at radius 1 is 0.791 bits per heavy atom. The summed E-state index contributed by atoms with van der Waals surface area (Å²) in [4.78, 5) is 15.8. The molecule has 228 valence electrons. The topological polar surface area (TPSA) is 44.4 Å². The number of aryl methyl sites for hydroxylation is 1. The molecule has 1 N–H and O–H groups in total. The van der Waals surface area contributed by atoms with Gasteiger partial charge in [-0.2, -0.15) is 4.57 Å². The van der Waals surface area contributed by atoms with Crippen LogP contribution in [0.1, 0.15) is 86.1 Å². The molecule has 0 aliphatic rings. The van der Waals surface area contributed by atoms with Gasteiger partial charge in [0.05, 0.1) is 5.39 Å². The Kier molecular flexibility index (Phi) is 14.7. The summed E-state index contributed by atoms with van der Waals surface area (Å²) in [6.45, 7) is 7.67. The summed E-state index contributed by atoms with van der Waals surface area (Å²) in [5.74, 6) is -0.713. The smallest absolute Gasteiger partial charge is 0.303 e. The number of unbranched alkanes of at least 4 members (excludes halogenated alkanes) is 4. The van der Waals surface area contributed by atoms with E-state index in [0.29, 0.717) is 0 Å². The Balaban J connectivity index is 0.00000506. The summed E-state index contributed by atoms with van der Waals surface area (Å²) < 4.78 is 2.28. The van der Waals surface area contributed by atoms with Gasteiger partial charge in [-0.15, -0.1) is 11.3 Å². The first kappa shape index (κ1) is 34.3. The minimum atomic E-state index is -0.713. The molecule has 0 bridgehead atoms. The molecule has 6 heteroatoms. The average Bonchev–Trinajstić information content (AvgIpc) is 3.47. The molecule has 0 fully saturated rings. The minimum absolute atomic E-state index is 0. The summed E-state index contributed by atoms with van der Waals surface area (Å²) in [5.41, 5.74) is 4.95. The number of para-hydroxylation sites is 1. The number of carboxylic acid groups (broad SMARTS) is 1. The lowest BCUT2D eigenvalue weighted by atomic mass is 10.1. The molecular formula is C37H45BrN2O2S. The van der Waals surface area contributed by atoms with Crippen LogP contribution < -0.4 is 26.4 Å². The first-order valence-electron chi connectivity index (χ1n) is 15.5. The molecule has 2 aromatic carbocycles. The van der Waals surface area contributed by atoms with Gasteiger partial charge in [-0.1, -0.05) is 63.1 Å². The third kappa shape index (κ3) is 10.8. The van der Waals surface area contributed by atoms with E-state index in [0.717, 1.165) is 38.9 Å². The van der Waals surface area contributed by atoms with Crippen molar-refractivity contribution in [1.82, 2.24) is 0 Å². The van der Waals surface area contributed by atoms with E-state index in [2.05, 4.69) is 121 Å². The molecule has 0 amide bonds. The predicted molar refractivity (Wildman–Crippen MR) is 181 cm³/mol. The highest BCUT2D eigenvalue weighted by Gasteiger charge is 2.11. The molecule has 0 saturated heterocycles. The quantitative estimate of drug-likeness (QED) is 0.103. The number of aromatic nitrogens is 1. The summed E-state index contributed by atoms with van der Waals surface area (Å²) in [6.07, 6.45) is 18.8. The van der Waals surface area contributed by atoms with E-state index >= 15 is 0 Å². The molecule has 2 aromatic heterocycles. The van der Waals surface area contributed by atoms with Gasteiger partial charge in [0.2, 0.25) is 5.52 Å². The number of anilines is 1. The minimum Gasteiger partial charge on any atom is -1.00 e. The number of carboxylic acids is 1. The molecule has 0 aliphatic heterocycles. The number of pyridine rings is 1. The van der Waals surface area contributed by atoms with Crippen LogP contribution in [0.15, 0.2) is 72.9 Å². The first-order valence-corrected chi connectivity index (χ1v) is 16.3. The van der Waals surface area contributed by atoms with Crippen LogP contribution in [0.2, 0.25) is 0 Å². The fourth-order valence-electron chi connectivity index (χ4n) is 5.15. The van der Waals surface area contributed by atoms with Crippen LogP contribution >= 0.6 is 11.3 Å². The van der Waals surface area contributed by atoms with Gasteiger partial charge in [0.1, 0.15) is 6.54 Å². The second-order valence-electron chi connectivity index (χ2n) is 10.9. The summed E-state index contributed by atoms with van der Waals surface area (Å²) >= 11 is 1.79. The number of aliphatic carboxylic acids is 1. The second kappa shape index (κ2) is 18.4. The molecule has 0 aliphatic carbocycles. The number of nitrogens with zero attached hydrogens (tertiary/aromatic N) is 2. The van der Waals surface area contributed by atoms with Crippen molar-refractivity contribution in [2.24, 2.45) is 0 Å². The second-order valence-corrected chi connectivity index (χ2v) is 12.0. The van der Waals surface area contributed by atoms with Gasteiger partial charge >= 0.3 is 5.97 Å². The lowest BCUT2D eigenvalue weighted by Gasteiger charge is -2.24. The number of hydrogen-bond acceptors (Lipinski definition) is 3. The van der Waals surface area contributed by atoms with Crippen molar-refractivity contribution in [3.63, 3.8) is 0 Å². The monoisotopic (exact) mass is 660 g/mol. The Bertz CT molecular complexity index is 1470. The maximum Gasteiger partial charge on any atom is 0.303 e. The third-order valence-corrected chi connectivity index (χ3v) is 8.60. The fraction of sp³-hybridized carbons (Fsp3) is 0.351. The molecular weight excluding hydrogens is 616 g/mol. The zero-order valence-electron chi connectivity index (χ0n) is 25.6. The van der Waals surface area contributed by atoms with E-state index in [1.807, 2.05) is 0 Å². The predicted octanol–water partition coefficient (Wildman–Crippen LogP) is 6.59. The number of hydrogen-bond donors (Lipinski definition) is 1. The Labute approximate surface area is 272 Å². The van der Waals surface area contributed by atoms with E-state index in [4.69, 9.17) is 5.11 Å². The third-order valence-electron chi connectivity index (χ3n) is 7.58. The Morgan fingerprint density at radius 2 is 1.47 bits per heavy atom. The highest BCUT2D eigenvalue weighted by molar-refractivity contribution is 7.13. The van der Waals surface area contributed by atoms with Crippen molar-refractivity contribution in [3.05, 3.63) is 93.8 Å². The first-order chi connectivity index (χ1) is 20.6. The highest BCUT2D eigenvalue weighted by Crippen LogP contribution is 2.24. The van der Waals surface area contributed by atoms with Crippen LogP contribution in [0.3, 0.4) is 0 Å². The van der Waals surface area contributed by atoms with Gasteiger partial charge in [0, 0.05) is 53.5 Å². The van der Waals surface area contributed by atoms with Crippen LogP contribution in [-0.4, -0.2) is 24.2 Å². The molecule has 0 unspecified atom stereocenters. The molecule has 4 nitrogen and oxygen atoms in total. The van der Waals surface area contributed by atoms with Crippen molar-refractivity contribution in [3.8, 4) is 0 Å². The number of thiophene rings is 1. The molecule has 4 aromatic rings. The van der Waals surface area contributed by atoms with Crippen LogP contribution in [-0.2, 0) is 11.3 Å². The average molecular weight is 662 g/mol. The van der Waals surface area contributed by atoms with Gasteiger partial charge in [-0.05, 0) is 79.3 Å². The van der Waals surface area contributed by atoms with Gasteiger partial charge in [0.15, 0.2) is 6.20 Å². The molecule has 0 radical (unpaired) electrons. The van der Waals surface area contributed by atoms with Crippen LogP contribution in [0, 0.1) is 0 Å². The molecule has 2 heterocycles. The van der Waals surface area contributed by atoms with E-state index in [1.54, 1.807) is 11.3 Å². The zero-order chi connectivity index (χ0) is 29.6. The SMILES string of the molecule is CCCCN(CCCC)c1ccc(/C=C/c2ccc(/C=C/c3cc[n+](CCCCCC(=O)O)c4ccccc34)s2)cc1.[Br-]. The maximum atomic E-state index is 10.8. The van der Waals surface area contributed by atoms with E-state index in [1.165, 1.54) is 63.2 Å². The van der Waals surface area contributed by atoms with E-state index in [-0.39, 0.29) is 23.4 Å². The lowest BCUT2D eigenvalue weighted by molar-refractivity contribution is -0.671. The van der Waals surface area contributed by atoms with Crippen LogP contribution in [0.5, 0.6) is 0 Å². The van der Waals surface area contributed by atoms with Crippen molar-refractivity contribution in [2.45, 2.75) is 71.8 Å². The number of rotatable bonds is 17. The number of halogens is 1. The molecule has 4 rings (SSSR count). The van der Waals surface area contributed by atoms with Crippen molar-refractivity contribution >= 4 is 58.2 Å². The van der Waals surface area contributed by atoms with Gasteiger partial charge in [-0.3, -0.25) is 4.79 Å². The summed E-state index contributed by atoms with van der Waals surface area (Å²) in [6, 6.07) is 24.1. The van der Waals surface area contributed by atoms with Gasteiger partial charge in [0.25, 0.3) is 0 Å². The number of benzene rings is 2. The van der Waals surface area contributed by atoms with Crippen molar-refractivity contribution < 1.29 is 31.4 Å². The molecule has 0 spiro atoms. The Morgan fingerprint density at radius 3 is 2.14 bits per heavy atom. The number of fused-ring (bicyclic) bond motifs is 1. The van der Waals surface area contributed by atoms with Gasteiger partial charge in [-0.25, -0.2) is 0 Å². The number of carbonyl (C=O) groups is 1. The zero-order valence-corrected chi connectivity index (χ0v) is 28.0.